The zero-order valence-corrected chi connectivity index (χ0v) is 39.0. The van der Waals surface area contributed by atoms with Gasteiger partial charge in [0, 0.05) is 68.5 Å². The molecule has 5 fully saturated rings. The molecule has 0 unspecified atom stereocenters. The van der Waals surface area contributed by atoms with Gasteiger partial charge in [-0.25, -0.2) is 19.6 Å². The number of hydrogen-bond donors (Lipinski definition) is 5. The van der Waals surface area contributed by atoms with Crippen LogP contribution >= 0.6 is 0 Å². The molecule has 4 aromatic heterocycles. The summed E-state index contributed by atoms with van der Waals surface area (Å²) in [7, 11) is 2.62. The Kier molecular flexibility index (Phi) is 12.1. The van der Waals surface area contributed by atoms with Crippen LogP contribution in [0.4, 0.5) is 9.59 Å². The van der Waals surface area contributed by atoms with Crippen LogP contribution in [0, 0.1) is 29.6 Å². The van der Waals surface area contributed by atoms with E-state index in [2.05, 4.69) is 57.1 Å². The van der Waals surface area contributed by atoms with Crippen molar-refractivity contribution >= 4 is 57.1 Å². The number of hydrogen-bond acceptors (Lipinski definition) is 12. The van der Waals surface area contributed by atoms with Crippen LogP contribution in [0.25, 0.3) is 55.4 Å². The van der Waals surface area contributed by atoms with Gasteiger partial charge in [0.05, 0.1) is 53.4 Å². The molecule has 3 saturated heterocycles. The highest BCUT2D eigenvalue weighted by Crippen LogP contribution is 2.58. The molecule has 11 rings (SSSR count). The van der Waals surface area contributed by atoms with E-state index in [1.54, 1.807) is 0 Å². The lowest BCUT2D eigenvalue weighted by Gasteiger charge is -2.35. The predicted molar refractivity (Wildman–Crippen MR) is 254 cm³/mol. The molecular formula is C51H58N10O8. The molecule has 4 amide bonds. The Balaban J connectivity index is 0.743. The van der Waals surface area contributed by atoms with Gasteiger partial charge in [0.25, 0.3) is 0 Å². The van der Waals surface area contributed by atoms with Gasteiger partial charge in [-0.05, 0) is 122 Å². The van der Waals surface area contributed by atoms with Crippen molar-refractivity contribution in [2.75, 3.05) is 40.6 Å². The minimum absolute atomic E-state index is 0.00461. The number of likely N-dealkylation sites (tertiary alicyclic amines) is 1. The summed E-state index contributed by atoms with van der Waals surface area (Å²) in [6.45, 7) is 4.45. The Hall–Kier alpha value is -6.66. The number of pyridine rings is 2. The minimum atomic E-state index is -0.699. The maximum Gasteiger partial charge on any atom is 0.407 e. The molecule has 3 aliphatic heterocycles. The number of methoxy groups -OCH3 is 2. The number of ether oxygens (including phenoxy) is 4. The van der Waals surface area contributed by atoms with Gasteiger partial charge in [-0.2, -0.15) is 0 Å². The van der Waals surface area contributed by atoms with E-state index in [1.807, 2.05) is 41.6 Å². The van der Waals surface area contributed by atoms with Crippen molar-refractivity contribution in [3.05, 3.63) is 72.6 Å². The molecule has 5 aliphatic rings. The van der Waals surface area contributed by atoms with E-state index in [0.717, 1.165) is 92.7 Å². The fraction of sp³-hybridized carbons (Fsp3) is 0.490. The Morgan fingerprint density at radius 1 is 0.725 bits per heavy atom. The lowest BCUT2D eigenvalue weighted by molar-refractivity contribution is -0.138. The Morgan fingerprint density at radius 3 is 1.93 bits per heavy atom. The van der Waals surface area contributed by atoms with Crippen LogP contribution in [0.1, 0.15) is 69.6 Å². The quantitative estimate of drug-likeness (QED) is 0.0852. The largest absolute Gasteiger partial charge is 0.453 e. The number of aryl methyl sites for hydroxylation is 1. The van der Waals surface area contributed by atoms with Crippen molar-refractivity contribution in [3.63, 3.8) is 0 Å². The molecule has 8 atom stereocenters. The van der Waals surface area contributed by atoms with Crippen LogP contribution in [0.5, 0.6) is 0 Å². The van der Waals surface area contributed by atoms with Crippen LogP contribution in [0.15, 0.2) is 60.9 Å². The smallest absolute Gasteiger partial charge is 0.407 e. The second-order valence-electron chi connectivity index (χ2n) is 19.5. The number of nitrogens with zero attached hydrogens (tertiary/aromatic N) is 5. The number of alkyl carbamates (subject to hydrolysis) is 2. The topological polar surface area (TPSA) is 228 Å². The number of aromatic amines is 2. The summed E-state index contributed by atoms with van der Waals surface area (Å²) in [5, 5.41) is 8.79. The van der Waals surface area contributed by atoms with Gasteiger partial charge >= 0.3 is 12.2 Å². The molecule has 0 bridgehead atoms. The maximum absolute atomic E-state index is 14.5. The standard InChI is InChI=1S/C51H58N10O8/c1-26-34-23-42(61(46(26)34)49(63)45(60-51(65)67-3)28-12-16-69-17-13-28)47-56-36-8-5-30(19-41(36)57-47)33-22-39-38(53-25-33)21-32(24-52-39)29-4-7-35-40(18-29)55-43(54-35)9-6-31-20-37(31)58-48(62)44(59-50(64)66-2)27-10-14-68-15-11-27/h4-5,7-8,18-19,21-22,24-28,31,34,37,42,44-46H,6,9-17,20,23H2,1-3H3,(H,54,55)(H,56,57)(H,58,62)(H,59,64)(H,60,65)/t26-,31+,34+,37-,42+,44+,45+,46-/m1/s1. The van der Waals surface area contributed by atoms with Gasteiger partial charge in [0.15, 0.2) is 0 Å². The van der Waals surface area contributed by atoms with E-state index in [4.69, 9.17) is 38.9 Å². The highest BCUT2D eigenvalue weighted by molar-refractivity contribution is 5.90. The zero-order valence-electron chi connectivity index (χ0n) is 39.0. The summed E-state index contributed by atoms with van der Waals surface area (Å²) in [6.07, 6.45) is 8.65. The molecule has 2 aromatic carbocycles. The average Bonchev–Trinajstić information content (AvgIpc) is 3.98. The number of fused-ring (bicyclic) bond motifs is 4. The fourth-order valence-corrected chi connectivity index (χ4v) is 11.3. The van der Waals surface area contributed by atoms with Gasteiger partial charge in [-0.15, -0.1) is 0 Å². The third kappa shape index (κ3) is 9.07. The number of aromatic nitrogens is 6. The van der Waals surface area contributed by atoms with Gasteiger partial charge in [-0.1, -0.05) is 19.1 Å². The Labute approximate surface area is 398 Å². The minimum Gasteiger partial charge on any atom is -0.453 e. The van der Waals surface area contributed by atoms with E-state index in [1.165, 1.54) is 14.2 Å². The van der Waals surface area contributed by atoms with Crippen LogP contribution in [-0.4, -0.2) is 124 Å². The third-order valence-corrected chi connectivity index (χ3v) is 15.4. The van der Waals surface area contributed by atoms with Crippen molar-refractivity contribution in [2.45, 2.75) is 88.5 Å². The Bertz CT molecular complexity index is 2930. The molecular weight excluding hydrogens is 881 g/mol. The second-order valence-corrected chi connectivity index (χ2v) is 19.5. The summed E-state index contributed by atoms with van der Waals surface area (Å²) in [5.41, 5.74) is 8.86. The lowest BCUT2D eigenvalue weighted by atomic mass is 9.90. The molecule has 5 N–H and O–H groups in total. The number of rotatable bonds is 13. The van der Waals surface area contributed by atoms with E-state index in [0.29, 0.717) is 69.9 Å². The first kappa shape index (κ1) is 44.8. The highest BCUT2D eigenvalue weighted by atomic mass is 16.5. The number of imidazole rings is 2. The molecule has 7 heterocycles. The summed E-state index contributed by atoms with van der Waals surface area (Å²) < 4.78 is 20.8. The van der Waals surface area contributed by atoms with Crippen molar-refractivity contribution in [1.29, 1.82) is 0 Å². The molecule has 360 valence electrons. The van der Waals surface area contributed by atoms with E-state index < -0.39 is 24.3 Å². The number of carbonyl (C=O) groups excluding carboxylic acids is 4. The van der Waals surface area contributed by atoms with Crippen LogP contribution in [0.2, 0.25) is 0 Å². The molecule has 18 heteroatoms. The zero-order chi connectivity index (χ0) is 47.3. The second kappa shape index (κ2) is 18.7. The van der Waals surface area contributed by atoms with Crippen molar-refractivity contribution in [2.24, 2.45) is 29.6 Å². The first-order chi connectivity index (χ1) is 33.6. The molecule has 18 nitrogen and oxygen atoms in total. The highest BCUT2D eigenvalue weighted by Gasteiger charge is 2.62. The van der Waals surface area contributed by atoms with E-state index >= 15 is 0 Å². The summed E-state index contributed by atoms with van der Waals surface area (Å²) in [5.74, 6) is 2.47. The van der Waals surface area contributed by atoms with E-state index in [-0.39, 0.29) is 41.8 Å². The van der Waals surface area contributed by atoms with Crippen LogP contribution in [-0.2, 0) is 35.0 Å². The van der Waals surface area contributed by atoms with Gasteiger partial charge in [0.1, 0.15) is 23.7 Å². The monoisotopic (exact) mass is 938 g/mol. The van der Waals surface area contributed by atoms with Crippen molar-refractivity contribution in [1.82, 2.24) is 50.8 Å². The van der Waals surface area contributed by atoms with Gasteiger partial charge in [0.2, 0.25) is 11.8 Å². The van der Waals surface area contributed by atoms with Crippen LogP contribution < -0.4 is 16.0 Å². The summed E-state index contributed by atoms with van der Waals surface area (Å²) >= 11 is 0. The third-order valence-electron chi connectivity index (χ3n) is 15.4. The SMILES string of the molecule is COC(=O)N[C@H](C(=O)N[C@@H]1C[C@@H]1CCc1nc2ccc(-c3cnc4cc(-c5ccc6nc([C@@H]7C[C@H]8[C@@H](C)[C@H]8N7C(=O)[C@@H](NC(=O)OC)C7CCOCC7)[nH]c6c5)cnc4c3)cc2[nH]1)C1CCOCC1. The molecule has 0 spiro atoms. The number of carbonyl (C=O) groups is 4. The van der Waals surface area contributed by atoms with Gasteiger partial charge in [-0.3, -0.25) is 19.6 Å². The van der Waals surface area contributed by atoms with E-state index in [9.17, 15) is 19.2 Å². The number of piperidine rings is 1. The fourth-order valence-electron chi connectivity index (χ4n) is 11.3. The Morgan fingerprint density at radius 2 is 1.30 bits per heavy atom. The first-order valence-corrected chi connectivity index (χ1v) is 24.3. The molecule has 2 aliphatic carbocycles. The summed E-state index contributed by atoms with van der Waals surface area (Å²) in [4.78, 5) is 80.9. The van der Waals surface area contributed by atoms with Crippen molar-refractivity contribution < 1.29 is 38.1 Å². The predicted octanol–water partition coefficient (Wildman–Crippen LogP) is 6.36. The number of amides is 4. The van der Waals surface area contributed by atoms with Crippen LogP contribution in [0.3, 0.4) is 0 Å². The normalized spacial score (nSPS) is 24.4. The first-order valence-electron chi connectivity index (χ1n) is 24.3. The number of H-pyrrole nitrogens is 2. The average molecular weight is 939 g/mol. The maximum atomic E-state index is 14.5. The summed E-state index contributed by atoms with van der Waals surface area (Å²) in [6, 6.07) is 15.0. The molecule has 69 heavy (non-hydrogen) atoms. The molecule has 6 aromatic rings. The lowest BCUT2D eigenvalue weighted by Crippen LogP contribution is -2.54. The molecule has 2 saturated carbocycles. The number of benzene rings is 2. The number of nitrogens with one attached hydrogen (secondary N) is 5. The van der Waals surface area contributed by atoms with Crippen molar-refractivity contribution in [3.8, 4) is 22.3 Å². The van der Waals surface area contributed by atoms with Gasteiger partial charge < -0.3 is 49.8 Å². The molecule has 0 radical (unpaired) electrons.